The second kappa shape index (κ2) is 12.7. The SMILES string of the molecule is CN=C(NCc1ccc(NC(=O)c2ccco2)cc1)N(C)Cc1ccc(OC)cc1OC.I. The summed E-state index contributed by atoms with van der Waals surface area (Å²) < 4.78 is 15.9. The molecule has 0 bridgehead atoms. The zero-order chi connectivity index (χ0) is 22.9. The van der Waals surface area contributed by atoms with Gasteiger partial charge in [0.15, 0.2) is 11.7 Å². The van der Waals surface area contributed by atoms with E-state index in [0.717, 1.165) is 28.6 Å². The molecule has 33 heavy (non-hydrogen) atoms. The molecule has 176 valence electrons. The van der Waals surface area contributed by atoms with Crippen LogP contribution in [0, 0.1) is 0 Å². The van der Waals surface area contributed by atoms with Crippen molar-refractivity contribution >= 4 is 41.5 Å². The summed E-state index contributed by atoms with van der Waals surface area (Å²) in [6.45, 7) is 1.20. The molecule has 0 aliphatic rings. The molecule has 0 aliphatic carbocycles. The molecule has 2 N–H and O–H groups in total. The minimum absolute atomic E-state index is 0. The number of rotatable bonds is 8. The number of furan rings is 1. The van der Waals surface area contributed by atoms with Crippen LogP contribution in [-0.2, 0) is 13.1 Å². The summed E-state index contributed by atoms with van der Waals surface area (Å²) in [4.78, 5) is 18.5. The van der Waals surface area contributed by atoms with Crippen LogP contribution in [0.2, 0.25) is 0 Å². The van der Waals surface area contributed by atoms with E-state index in [-0.39, 0.29) is 35.6 Å². The second-order valence-corrected chi connectivity index (χ2v) is 7.06. The molecule has 0 unspecified atom stereocenters. The largest absolute Gasteiger partial charge is 0.497 e. The molecule has 8 nitrogen and oxygen atoms in total. The maximum Gasteiger partial charge on any atom is 0.291 e. The van der Waals surface area contributed by atoms with Crippen LogP contribution in [0.4, 0.5) is 5.69 Å². The highest BCUT2D eigenvalue weighted by molar-refractivity contribution is 14.0. The van der Waals surface area contributed by atoms with E-state index < -0.39 is 0 Å². The van der Waals surface area contributed by atoms with Crippen LogP contribution in [-0.4, -0.2) is 45.1 Å². The van der Waals surface area contributed by atoms with Gasteiger partial charge in [-0.05, 0) is 42.0 Å². The molecule has 0 saturated carbocycles. The average Bonchev–Trinajstić information content (AvgIpc) is 3.36. The van der Waals surface area contributed by atoms with E-state index in [0.29, 0.717) is 18.8 Å². The fourth-order valence-electron chi connectivity index (χ4n) is 3.19. The van der Waals surface area contributed by atoms with Gasteiger partial charge in [0.1, 0.15) is 11.5 Å². The predicted molar refractivity (Wildman–Crippen MR) is 140 cm³/mol. The number of methoxy groups -OCH3 is 2. The van der Waals surface area contributed by atoms with E-state index in [4.69, 9.17) is 13.9 Å². The van der Waals surface area contributed by atoms with Gasteiger partial charge < -0.3 is 29.4 Å². The van der Waals surface area contributed by atoms with Crippen LogP contribution < -0.4 is 20.1 Å². The van der Waals surface area contributed by atoms with Gasteiger partial charge in [0, 0.05) is 44.5 Å². The quantitative estimate of drug-likeness (QED) is 0.240. The van der Waals surface area contributed by atoms with Crippen LogP contribution >= 0.6 is 24.0 Å². The van der Waals surface area contributed by atoms with E-state index in [1.54, 1.807) is 33.4 Å². The number of carbonyl (C=O) groups excluding carboxylic acids is 1. The number of aliphatic imine (C=N–C) groups is 1. The molecule has 2 aromatic carbocycles. The summed E-state index contributed by atoms with van der Waals surface area (Å²) in [6, 6.07) is 16.7. The van der Waals surface area contributed by atoms with E-state index >= 15 is 0 Å². The van der Waals surface area contributed by atoms with Crippen molar-refractivity contribution in [1.82, 2.24) is 10.2 Å². The summed E-state index contributed by atoms with van der Waals surface area (Å²) in [5.74, 6) is 2.25. The molecule has 0 saturated heterocycles. The number of benzene rings is 2. The number of carbonyl (C=O) groups is 1. The van der Waals surface area contributed by atoms with Crippen molar-refractivity contribution in [3.8, 4) is 11.5 Å². The smallest absolute Gasteiger partial charge is 0.291 e. The van der Waals surface area contributed by atoms with Gasteiger partial charge in [0.05, 0.1) is 20.5 Å². The normalized spacial score (nSPS) is 10.7. The molecule has 0 fully saturated rings. The van der Waals surface area contributed by atoms with Gasteiger partial charge in [-0.1, -0.05) is 12.1 Å². The number of ether oxygens (including phenoxy) is 2. The van der Waals surface area contributed by atoms with Crippen molar-refractivity contribution in [1.29, 1.82) is 0 Å². The molecule has 1 aromatic heterocycles. The van der Waals surface area contributed by atoms with Crippen molar-refractivity contribution in [3.05, 3.63) is 77.7 Å². The highest BCUT2D eigenvalue weighted by Crippen LogP contribution is 2.25. The number of anilines is 1. The summed E-state index contributed by atoms with van der Waals surface area (Å²) in [6.07, 6.45) is 1.47. The monoisotopic (exact) mass is 564 g/mol. The third-order valence-electron chi connectivity index (χ3n) is 4.88. The molecule has 9 heteroatoms. The highest BCUT2D eigenvalue weighted by Gasteiger charge is 2.12. The summed E-state index contributed by atoms with van der Waals surface area (Å²) >= 11 is 0. The Morgan fingerprint density at radius 3 is 2.45 bits per heavy atom. The third-order valence-corrected chi connectivity index (χ3v) is 4.88. The Morgan fingerprint density at radius 1 is 1.09 bits per heavy atom. The van der Waals surface area contributed by atoms with Crippen LogP contribution in [0.15, 0.2) is 70.3 Å². The highest BCUT2D eigenvalue weighted by atomic mass is 127. The minimum atomic E-state index is -0.281. The van der Waals surface area contributed by atoms with Gasteiger partial charge in [-0.3, -0.25) is 9.79 Å². The van der Waals surface area contributed by atoms with Crippen molar-refractivity contribution in [2.24, 2.45) is 4.99 Å². The molecule has 3 rings (SSSR count). The molecular weight excluding hydrogens is 535 g/mol. The van der Waals surface area contributed by atoms with Crippen LogP contribution in [0.3, 0.4) is 0 Å². The third kappa shape index (κ3) is 7.14. The van der Waals surface area contributed by atoms with Gasteiger partial charge in [-0.15, -0.1) is 24.0 Å². The van der Waals surface area contributed by atoms with Gasteiger partial charge in [-0.2, -0.15) is 0 Å². The number of nitrogens with one attached hydrogen (secondary N) is 2. The average molecular weight is 564 g/mol. The summed E-state index contributed by atoms with van der Waals surface area (Å²) in [5, 5.41) is 6.16. The van der Waals surface area contributed by atoms with Crippen LogP contribution in [0.25, 0.3) is 0 Å². The van der Waals surface area contributed by atoms with Crippen molar-refractivity contribution < 1.29 is 18.7 Å². The Bertz CT molecular complexity index is 1050. The fourth-order valence-corrected chi connectivity index (χ4v) is 3.19. The Morgan fingerprint density at radius 2 is 1.85 bits per heavy atom. The Hall–Kier alpha value is -3.21. The van der Waals surface area contributed by atoms with Crippen molar-refractivity contribution in [2.45, 2.75) is 13.1 Å². The second-order valence-electron chi connectivity index (χ2n) is 7.06. The van der Waals surface area contributed by atoms with Gasteiger partial charge in [0.25, 0.3) is 5.91 Å². The first-order valence-electron chi connectivity index (χ1n) is 10.1. The minimum Gasteiger partial charge on any atom is -0.497 e. The maximum atomic E-state index is 12.1. The lowest BCUT2D eigenvalue weighted by molar-refractivity contribution is 0.0996. The molecule has 0 radical (unpaired) electrons. The van der Waals surface area contributed by atoms with E-state index in [1.165, 1.54) is 6.26 Å². The van der Waals surface area contributed by atoms with Gasteiger partial charge >= 0.3 is 0 Å². The molecular formula is C24H29IN4O4. The maximum absolute atomic E-state index is 12.1. The molecule has 1 amide bonds. The number of guanidine groups is 1. The van der Waals surface area contributed by atoms with Gasteiger partial charge in [-0.25, -0.2) is 0 Å². The Balaban J connectivity index is 0.00000385. The van der Waals surface area contributed by atoms with Crippen molar-refractivity contribution in [3.63, 3.8) is 0 Å². The van der Waals surface area contributed by atoms with Crippen molar-refractivity contribution in [2.75, 3.05) is 33.6 Å². The number of halogens is 1. The lowest BCUT2D eigenvalue weighted by Crippen LogP contribution is -2.38. The number of hydrogen-bond acceptors (Lipinski definition) is 5. The predicted octanol–water partition coefficient (Wildman–Crippen LogP) is 4.37. The Kier molecular flexibility index (Phi) is 10.0. The van der Waals surface area contributed by atoms with Gasteiger partial charge in [0.2, 0.25) is 0 Å². The van der Waals surface area contributed by atoms with E-state index in [2.05, 4.69) is 15.6 Å². The first-order chi connectivity index (χ1) is 15.5. The molecule has 0 atom stereocenters. The Labute approximate surface area is 211 Å². The molecule has 1 heterocycles. The first kappa shape index (κ1) is 26.0. The fraction of sp³-hybridized carbons (Fsp3) is 0.250. The lowest BCUT2D eigenvalue weighted by atomic mass is 10.2. The molecule has 3 aromatic rings. The van der Waals surface area contributed by atoms with Crippen LogP contribution in [0.5, 0.6) is 11.5 Å². The standard InChI is InChI=1S/C24H28N4O4.HI/c1-25-24(28(2)16-18-9-12-20(30-3)14-22(18)31-4)26-15-17-7-10-19(11-8-17)27-23(29)21-6-5-13-32-21;/h5-14H,15-16H2,1-4H3,(H,25,26)(H,27,29);1H. The zero-order valence-electron chi connectivity index (χ0n) is 19.1. The summed E-state index contributed by atoms with van der Waals surface area (Å²) in [5.41, 5.74) is 2.77. The lowest BCUT2D eigenvalue weighted by Gasteiger charge is -2.23. The molecule has 0 aliphatic heterocycles. The number of hydrogen-bond donors (Lipinski definition) is 2. The summed E-state index contributed by atoms with van der Waals surface area (Å²) in [7, 11) is 6.99. The first-order valence-corrected chi connectivity index (χ1v) is 10.1. The zero-order valence-corrected chi connectivity index (χ0v) is 21.5. The van der Waals surface area contributed by atoms with Crippen LogP contribution in [0.1, 0.15) is 21.7 Å². The number of amides is 1. The molecule has 0 spiro atoms. The van der Waals surface area contributed by atoms with E-state index in [1.807, 2.05) is 54.4 Å². The number of nitrogens with zero attached hydrogens (tertiary/aromatic N) is 2. The van der Waals surface area contributed by atoms with E-state index in [9.17, 15) is 4.79 Å². The topological polar surface area (TPSA) is 88.3 Å².